The molecule has 0 aliphatic heterocycles. The van der Waals surface area contributed by atoms with E-state index in [1.165, 1.54) is 12.1 Å². The van der Waals surface area contributed by atoms with E-state index in [9.17, 15) is 9.65 Å². The van der Waals surface area contributed by atoms with Gasteiger partial charge in [0.1, 0.15) is 17.3 Å². The van der Waals surface area contributed by atoms with Crippen LogP contribution < -0.4 is 9.47 Å². The highest BCUT2D eigenvalue weighted by molar-refractivity contribution is 5.31. The first-order chi connectivity index (χ1) is 10.7. The van der Waals surface area contributed by atoms with Crippen LogP contribution in [0.1, 0.15) is 24.8 Å². The van der Waals surface area contributed by atoms with Crippen molar-refractivity contribution in [3.63, 3.8) is 0 Å². The van der Waals surface area contributed by atoms with E-state index in [1.54, 1.807) is 12.1 Å². The highest BCUT2D eigenvalue weighted by atomic mass is 19.1. The SMILES string of the molecule is CCOc1ccc(OCCC(C#N)c2ccc(F)cc2)cc1. The molecule has 0 bridgehead atoms. The molecule has 4 heteroatoms. The van der Waals surface area contributed by atoms with Crippen LogP contribution in [0.25, 0.3) is 0 Å². The summed E-state index contributed by atoms with van der Waals surface area (Å²) < 4.78 is 23.9. The molecule has 0 heterocycles. The second-order valence-electron chi connectivity index (χ2n) is 4.77. The van der Waals surface area contributed by atoms with Gasteiger partial charge in [0.25, 0.3) is 0 Å². The first kappa shape index (κ1) is 15.8. The number of nitrogens with zero attached hydrogens (tertiary/aromatic N) is 1. The maximum Gasteiger partial charge on any atom is 0.123 e. The van der Waals surface area contributed by atoms with Crippen LogP contribution >= 0.6 is 0 Å². The van der Waals surface area contributed by atoms with E-state index >= 15 is 0 Å². The van der Waals surface area contributed by atoms with Crippen LogP contribution in [0.2, 0.25) is 0 Å². The number of ether oxygens (including phenoxy) is 2. The van der Waals surface area contributed by atoms with Gasteiger partial charge in [-0.1, -0.05) is 12.1 Å². The van der Waals surface area contributed by atoms with E-state index in [0.29, 0.717) is 19.6 Å². The minimum atomic E-state index is -0.303. The van der Waals surface area contributed by atoms with Gasteiger partial charge in [-0.25, -0.2) is 4.39 Å². The molecule has 0 amide bonds. The molecule has 0 saturated carbocycles. The predicted molar refractivity (Wildman–Crippen MR) is 82.5 cm³/mol. The third kappa shape index (κ3) is 4.49. The van der Waals surface area contributed by atoms with Crippen LogP contribution in [0, 0.1) is 17.1 Å². The Bertz CT molecular complexity index is 617. The van der Waals surface area contributed by atoms with Gasteiger partial charge in [-0.3, -0.25) is 0 Å². The summed E-state index contributed by atoms with van der Waals surface area (Å²) in [6, 6.07) is 15.6. The molecule has 0 fully saturated rings. The monoisotopic (exact) mass is 299 g/mol. The molecule has 2 aromatic carbocycles. The van der Waals surface area contributed by atoms with Gasteiger partial charge in [0.05, 0.1) is 25.2 Å². The minimum Gasteiger partial charge on any atom is -0.494 e. The molecule has 2 aromatic rings. The average molecular weight is 299 g/mol. The fourth-order valence-electron chi connectivity index (χ4n) is 2.09. The van der Waals surface area contributed by atoms with Crippen molar-refractivity contribution in [2.24, 2.45) is 0 Å². The van der Waals surface area contributed by atoms with Crippen molar-refractivity contribution in [3.05, 3.63) is 59.9 Å². The van der Waals surface area contributed by atoms with Crippen LogP contribution in [-0.4, -0.2) is 13.2 Å². The molecule has 0 aliphatic carbocycles. The third-order valence-corrected chi connectivity index (χ3v) is 3.24. The molecular formula is C18H18FNO2. The number of nitriles is 1. The van der Waals surface area contributed by atoms with Crippen molar-refractivity contribution in [1.82, 2.24) is 0 Å². The van der Waals surface area contributed by atoms with Gasteiger partial charge in [0.15, 0.2) is 0 Å². The number of rotatable bonds is 7. The lowest BCUT2D eigenvalue weighted by Crippen LogP contribution is -2.04. The van der Waals surface area contributed by atoms with Crippen LogP contribution in [0.5, 0.6) is 11.5 Å². The summed E-state index contributed by atoms with van der Waals surface area (Å²) in [5.74, 6) is 0.935. The molecule has 22 heavy (non-hydrogen) atoms. The molecule has 2 rings (SSSR count). The topological polar surface area (TPSA) is 42.2 Å². The summed E-state index contributed by atoms with van der Waals surface area (Å²) in [6.45, 7) is 2.98. The lowest BCUT2D eigenvalue weighted by atomic mass is 9.98. The smallest absolute Gasteiger partial charge is 0.123 e. The first-order valence-corrected chi connectivity index (χ1v) is 7.23. The molecule has 114 valence electrons. The molecular weight excluding hydrogens is 281 g/mol. The summed E-state index contributed by atoms with van der Waals surface area (Å²) in [6.07, 6.45) is 0.551. The van der Waals surface area contributed by atoms with Gasteiger partial charge < -0.3 is 9.47 Å². The van der Waals surface area contributed by atoms with Gasteiger partial charge in [-0.15, -0.1) is 0 Å². The second kappa shape index (κ2) is 8.04. The second-order valence-corrected chi connectivity index (χ2v) is 4.77. The third-order valence-electron chi connectivity index (χ3n) is 3.24. The Morgan fingerprint density at radius 1 is 1.00 bits per heavy atom. The van der Waals surface area contributed by atoms with Crippen molar-refractivity contribution in [2.45, 2.75) is 19.3 Å². The first-order valence-electron chi connectivity index (χ1n) is 7.23. The number of hydrogen-bond acceptors (Lipinski definition) is 3. The van der Waals surface area contributed by atoms with Crippen LogP contribution in [-0.2, 0) is 0 Å². The zero-order valence-electron chi connectivity index (χ0n) is 12.5. The summed E-state index contributed by atoms with van der Waals surface area (Å²) in [5.41, 5.74) is 0.805. The maximum absolute atomic E-state index is 12.9. The van der Waals surface area contributed by atoms with Gasteiger partial charge in [-0.05, 0) is 48.9 Å². The van der Waals surface area contributed by atoms with Crippen LogP contribution in [0.3, 0.4) is 0 Å². The maximum atomic E-state index is 12.9. The van der Waals surface area contributed by atoms with Gasteiger partial charge >= 0.3 is 0 Å². The molecule has 0 N–H and O–H groups in total. The Morgan fingerprint density at radius 2 is 1.59 bits per heavy atom. The standard InChI is InChI=1S/C18H18FNO2/c1-2-21-17-7-9-18(10-8-17)22-12-11-15(13-20)14-3-5-16(19)6-4-14/h3-10,15H,2,11-12H2,1H3. The van der Waals surface area contributed by atoms with Gasteiger partial charge in [0, 0.05) is 6.42 Å². The molecule has 0 spiro atoms. The molecule has 1 atom stereocenters. The highest BCUT2D eigenvalue weighted by Gasteiger charge is 2.11. The molecule has 0 aromatic heterocycles. The van der Waals surface area contributed by atoms with E-state index in [4.69, 9.17) is 9.47 Å². The number of hydrogen-bond donors (Lipinski definition) is 0. The number of halogens is 1. The molecule has 1 unspecified atom stereocenters. The van der Waals surface area contributed by atoms with Crippen molar-refractivity contribution in [1.29, 1.82) is 5.26 Å². The Balaban J connectivity index is 1.86. The normalized spacial score (nSPS) is 11.5. The lowest BCUT2D eigenvalue weighted by Gasteiger charge is -2.11. The summed E-state index contributed by atoms with van der Waals surface area (Å²) in [5, 5.41) is 9.23. The largest absolute Gasteiger partial charge is 0.494 e. The Kier molecular flexibility index (Phi) is 5.79. The zero-order valence-corrected chi connectivity index (χ0v) is 12.5. The van der Waals surface area contributed by atoms with E-state index in [2.05, 4.69) is 6.07 Å². The summed E-state index contributed by atoms with van der Waals surface area (Å²) >= 11 is 0. The van der Waals surface area contributed by atoms with E-state index in [0.717, 1.165) is 17.1 Å². The van der Waals surface area contributed by atoms with Crippen LogP contribution in [0.4, 0.5) is 4.39 Å². The van der Waals surface area contributed by atoms with E-state index in [1.807, 2.05) is 31.2 Å². The quantitative estimate of drug-likeness (QED) is 0.765. The van der Waals surface area contributed by atoms with E-state index in [-0.39, 0.29) is 11.7 Å². The average Bonchev–Trinajstić information content (AvgIpc) is 2.54. The fourth-order valence-corrected chi connectivity index (χ4v) is 2.09. The Labute approximate surface area is 129 Å². The minimum absolute atomic E-state index is 0.300. The molecule has 0 radical (unpaired) electrons. The van der Waals surface area contributed by atoms with Crippen molar-refractivity contribution in [2.75, 3.05) is 13.2 Å². The Hall–Kier alpha value is -2.54. The van der Waals surface area contributed by atoms with Crippen molar-refractivity contribution >= 4 is 0 Å². The van der Waals surface area contributed by atoms with E-state index < -0.39 is 0 Å². The Morgan fingerprint density at radius 3 is 2.14 bits per heavy atom. The molecule has 3 nitrogen and oxygen atoms in total. The zero-order chi connectivity index (χ0) is 15.8. The number of benzene rings is 2. The van der Waals surface area contributed by atoms with Crippen molar-refractivity contribution in [3.8, 4) is 17.6 Å². The molecule has 0 saturated heterocycles. The fraction of sp³-hybridized carbons (Fsp3) is 0.278. The highest BCUT2D eigenvalue weighted by Crippen LogP contribution is 2.21. The van der Waals surface area contributed by atoms with Gasteiger partial charge in [-0.2, -0.15) is 5.26 Å². The van der Waals surface area contributed by atoms with Gasteiger partial charge in [0.2, 0.25) is 0 Å². The summed E-state index contributed by atoms with van der Waals surface area (Å²) in [4.78, 5) is 0. The summed E-state index contributed by atoms with van der Waals surface area (Å²) in [7, 11) is 0. The predicted octanol–water partition coefficient (Wildman–Crippen LogP) is 4.30. The van der Waals surface area contributed by atoms with Crippen LogP contribution in [0.15, 0.2) is 48.5 Å². The molecule has 0 aliphatic rings. The lowest BCUT2D eigenvalue weighted by molar-refractivity contribution is 0.304. The van der Waals surface area contributed by atoms with Crippen molar-refractivity contribution < 1.29 is 13.9 Å².